The summed E-state index contributed by atoms with van der Waals surface area (Å²) in [5.41, 5.74) is 6.29. The van der Waals surface area contributed by atoms with E-state index in [9.17, 15) is 4.79 Å². The first-order valence-electron chi connectivity index (χ1n) is 6.63. The normalized spacial score (nSPS) is 10.3. The number of nitrogens with two attached hydrogens (primary N) is 1. The number of anilines is 1. The van der Waals surface area contributed by atoms with Crippen LogP contribution in [0.5, 0.6) is 5.75 Å². The fourth-order valence-electron chi connectivity index (χ4n) is 1.77. The Hall–Kier alpha value is -1.72. The van der Waals surface area contributed by atoms with Crippen molar-refractivity contribution in [2.24, 2.45) is 0 Å². The SMILES string of the molecule is Nc1cccc(OCCC(=O)NCCc2ccc(Cl)s2)c1. The van der Waals surface area contributed by atoms with Crippen LogP contribution in [0.4, 0.5) is 5.69 Å². The second kappa shape index (κ2) is 7.90. The summed E-state index contributed by atoms with van der Waals surface area (Å²) in [6.07, 6.45) is 1.11. The number of ether oxygens (including phenoxy) is 1. The molecule has 6 heteroatoms. The number of thiophene rings is 1. The first kappa shape index (κ1) is 15.7. The number of hydrogen-bond donors (Lipinski definition) is 2. The van der Waals surface area contributed by atoms with Gasteiger partial charge in [-0.05, 0) is 30.7 Å². The first-order chi connectivity index (χ1) is 10.1. The number of amides is 1. The molecule has 3 N–H and O–H groups in total. The summed E-state index contributed by atoms with van der Waals surface area (Å²) in [5.74, 6) is 0.651. The summed E-state index contributed by atoms with van der Waals surface area (Å²) in [6, 6.07) is 11.0. The molecular weight excluding hydrogens is 308 g/mol. The molecule has 0 aliphatic heterocycles. The maximum atomic E-state index is 11.7. The molecule has 0 fully saturated rings. The van der Waals surface area contributed by atoms with Crippen LogP contribution in [0.1, 0.15) is 11.3 Å². The molecule has 0 radical (unpaired) electrons. The molecule has 4 nitrogen and oxygen atoms in total. The molecule has 112 valence electrons. The van der Waals surface area contributed by atoms with Crippen molar-refractivity contribution >= 4 is 34.5 Å². The Bertz CT molecular complexity index is 601. The zero-order valence-corrected chi connectivity index (χ0v) is 13.0. The molecule has 0 bridgehead atoms. The van der Waals surface area contributed by atoms with E-state index in [4.69, 9.17) is 22.1 Å². The van der Waals surface area contributed by atoms with Crippen molar-refractivity contribution in [3.05, 3.63) is 45.6 Å². The highest BCUT2D eigenvalue weighted by atomic mass is 35.5. The molecule has 2 rings (SSSR count). The zero-order valence-electron chi connectivity index (χ0n) is 11.5. The van der Waals surface area contributed by atoms with E-state index in [-0.39, 0.29) is 5.91 Å². The number of hydrogen-bond acceptors (Lipinski definition) is 4. The van der Waals surface area contributed by atoms with Crippen LogP contribution in [0.15, 0.2) is 36.4 Å². The van der Waals surface area contributed by atoms with Crippen LogP contribution in [0.2, 0.25) is 4.34 Å². The van der Waals surface area contributed by atoms with Crippen molar-refractivity contribution in [3.63, 3.8) is 0 Å². The zero-order chi connectivity index (χ0) is 15.1. The van der Waals surface area contributed by atoms with Crippen LogP contribution in [0.3, 0.4) is 0 Å². The number of carbonyl (C=O) groups is 1. The monoisotopic (exact) mass is 324 g/mol. The van der Waals surface area contributed by atoms with Crippen molar-refractivity contribution in [1.82, 2.24) is 5.32 Å². The lowest BCUT2D eigenvalue weighted by Crippen LogP contribution is -2.26. The molecule has 1 heterocycles. The van der Waals surface area contributed by atoms with Gasteiger partial charge in [-0.15, -0.1) is 11.3 Å². The molecule has 0 aliphatic rings. The van der Waals surface area contributed by atoms with Gasteiger partial charge in [-0.25, -0.2) is 0 Å². The van der Waals surface area contributed by atoms with Gasteiger partial charge in [0.1, 0.15) is 5.75 Å². The topological polar surface area (TPSA) is 64.3 Å². The van der Waals surface area contributed by atoms with Crippen LogP contribution in [0, 0.1) is 0 Å². The van der Waals surface area contributed by atoms with Crippen LogP contribution in [0.25, 0.3) is 0 Å². The maximum absolute atomic E-state index is 11.7. The van der Waals surface area contributed by atoms with Gasteiger partial charge in [0.05, 0.1) is 17.4 Å². The van der Waals surface area contributed by atoms with E-state index in [0.717, 1.165) is 15.6 Å². The van der Waals surface area contributed by atoms with E-state index in [0.29, 0.717) is 31.0 Å². The van der Waals surface area contributed by atoms with Crippen LogP contribution in [-0.4, -0.2) is 19.1 Å². The lowest BCUT2D eigenvalue weighted by atomic mass is 10.3. The fourth-order valence-corrected chi connectivity index (χ4v) is 2.85. The Kier molecular flexibility index (Phi) is 5.90. The van der Waals surface area contributed by atoms with E-state index in [1.807, 2.05) is 24.3 Å². The standard InChI is InChI=1S/C15H17ClN2O2S/c16-14-5-4-13(21-14)6-8-18-15(19)7-9-20-12-3-1-2-11(17)10-12/h1-5,10H,6-9,17H2,(H,18,19). The third-order valence-corrected chi connectivity index (χ3v) is 4.07. The molecule has 0 aliphatic carbocycles. The molecule has 2 aromatic rings. The molecule has 1 aromatic heterocycles. The number of halogens is 1. The highest BCUT2D eigenvalue weighted by Gasteiger charge is 2.03. The Morgan fingerprint density at radius 1 is 1.33 bits per heavy atom. The molecule has 0 atom stereocenters. The summed E-state index contributed by atoms with van der Waals surface area (Å²) in [7, 11) is 0. The Morgan fingerprint density at radius 2 is 2.19 bits per heavy atom. The highest BCUT2D eigenvalue weighted by molar-refractivity contribution is 7.16. The summed E-state index contributed by atoms with van der Waals surface area (Å²) >= 11 is 7.38. The number of nitrogen functional groups attached to an aromatic ring is 1. The molecule has 21 heavy (non-hydrogen) atoms. The minimum Gasteiger partial charge on any atom is -0.493 e. The van der Waals surface area contributed by atoms with Crippen molar-refractivity contribution < 1.29 is 9.53 Å². The van der Waals surface area contributed by atoms with Gasteiger partial charge in [0.15, 0.2) is 0 Å². The van der Waals surface area contributed by atoms with Crippen LogP contribution >= 0.6 is 22.9 Å². The van der Waals surface area contributed by atoms with Crippen molar-refractivity contribution in [2.45, 2.75) is 12.8 Å². The molecule has 1 aromatic carbocycles. The summed E-state index contributed by atoms with van der Waals surface area (Å²) in [4.78, 5) is 12.8. The van der Waals surface area contributed by atoms with Gasteiger partial charge < -0.3 is 15.8 Å². The Morgan fingerprint density at radius 3 is 2.90 bits per heavy atom. The third kappa shape index (κ3) is 5.65. The Labute approximate surface area is 132 Å². The van der Waals surface area contributed by atoms with Gasteiger partial charge in [-0.3, -0.25) is 4.79 Å². The first-order valence-corrected chi connectivity index (χ1v) is 7.82. The van der Waals surface area contributed by atoms with Gasteiger partial charge in [-0.2, -0.15) is 0 Å². The molecule has 0 spiro atoms. The maximum Gasteiger partial charge on any atom is 0.223 e. The largest absolute Gasteiger partial charge is 0.493 e. The fraction of sp³-hybridized carbons (Fsp3) is 0.267. The van der Waals surface area contributed by atoms with Gasteiger partial charge in [0.2, 0.25) is 5.91 Å². The van der Waals surface area contributed by atoms with E-state index in [1.165, 1.54) is 11.3 Å². The average Bonchev–Trinajstić information content (AvgIpc) is 2.84. The summed E-state index contributed by atoms with van der Waals surface area (Å²) in [5, 5.41) is 2.86. The van der Waals surface area contributed by atoms with Gasteiger partial charge in [0.25, 0.3) is 0 Å². The average molecular weight is 325 g/mol. The van der Waals surface area contributed by atoms with E-state index in [2.05, 4.69) is 5.32 Å². The predicted molar refractivity (Wildman–Crippen MR) is 87.0 cm³/mol. The van der Waals surface area contributed by atoms with Crippen LogP contribution in [-0.2, 0) is 11.2 Å². The number of nitrogens with one attached hydrogen (secondary N) is 1. The van der Waals surface area contributed by atoms with Crippen molar-refractivity contribution in [3.8, 4) is 5.75 Å². The molecule has 0 saturated carbocycles. The van der Waals surface area contributed by atoms with Crippen molar-refractivity contribution in [2.75, 3.05) is 18.9 Å². The number of benzene rings is 1. The third-order valence-electron chi connectivity index (χ3n) is 2.78. The minimum atomic E-state index is -0.0263. The van der Waals surface area contributed by atoms with E-state index >= 15 is 0 Å². The quantitative estimate of drug-likeness (QED) is 0.769. The van der Waals surface area contributed by atoms with Crippen LogP contribution < -0.4 is 15.8 Å². The van der Waals surface area contributed by atoms with Gasteiger partial charge in [0, 0.05) is 23.2 Å². The van der Waals surface area contributed by atoms with E-state index < -0.39 is 0 Å². The lowest BCUT2D eigenvalue weighted by Gasteiger charge is -2.07. The Balaban J connectivity index is 1.61. The molecular formula is C15H17ClN2O2S. The van der Waals surface area contributed by atoms with Crippen molar-refractivity contribution in [1.29, 1.82) is 0 Å². The van der Waals surface area contributed by atoms with E-state index in [1.54, 1.807) is 12.1 Å². The highest BCUT2D eigenvalue weighted by Crippen LogP contribution is 2.21. The molecule has 0 unspecified atom stereocenters. The second-order valence-corrected chi connectivity index (χ2v) is 6.28. The number of carbonyl (C=O) groups excluding carboxylic acids is 1. The number of rotatable bonds is 7. The summed E-state index contributed by atoms with van der Waals surface area (Å²) < 4.78 is 6.24. The molecule has 0 saturated heterocycles. The summed E-state index contributed by atoms with van der Waals surface area (Å²) in [6.45, 7) is 0.939. The smallest absolute Gasteiger partial charge is 0.223 e. The lowest BCUT2D eigenvalue weighted by molar-refractivity contribution is -0.121. The second-order valence-electron chi connectivity index (χ2n) is 4.48. The minimum absolute atomic E-state index is 0.0263. The van der Waals surface area contributed by atoms with Gasteiger partial charge in [-0.1, -0.05) is 17.7 Å². The molecule has 1 amide bonds. The van der Waals surface area contributed by atoms with Gasteiger partial charge >= 0.3 is 0 Å². The predicted octanol–water partition coefficient (Wildman–Crippen LogP) is 3.11.